The van der Waals surface area contributed by atoms with Gasteiger partial charge in [0.1, 0.15) is 0 Å². The summed E-state index contributed by atoms with van der Waals surface area (Å²) in [5.41, 5.74) is 0.279. The molecule has 0 spiro atoms. The molecular weight excluding hydrogens is 202 g/mol. The van der Waals surface area contributed by atoms with Crippen LogP contribution in [0.15, 0.2) is 0 Å². The van der Waals surface area contributed by atoms with Crippen molar-refractivity contribution in [1.29, 1.82) is 0 Å². The molecule has 3 heteroatoms. The molecule has 0 aromatic carbocycles. The van der Waals surface area contributed by atoms with Crippen molar-refractivity contribution in [3.63, 3.8) is 0 Å². The molecule has 1 aliphatic rings. The Morgan fingerprint density at radius 3 is 2.56 bits per heavy atom. The van der Waals surface area contributed by atoms with Gasteiger partial charge in [0.15, 0.2) is 0 Å². The average molecular weight is 229 g/mol. The van der Waals surface area contributed by atoms with E-state index in [1.54, 1.807) is 0 Å². The Morgan fingerprint density at radius 2 is 2.00 bits per heavy atom. The van der Waals surface area contributed by atoms with Gasteiger partial charge in [-0.3, -0.25) is 0 Å². The van der Waals surface area contributed by atoms with Crippen LogP contribution in [0.25, 0.3) is 0 Å². The van der Waals surface area contributed by atoms with Crippen LogP contribution in [0.3, 0.4) is 0 Å². The molecule has 3 nitrogen and oxygen atoms in total. The topological polar surface area (TPSA) is 30.5 Å². The second-order valence-electron chi connectivity index (χ2n) is 5.06. The van der Waals surface area contributed by atoms with E-state index >= 15 is 0 Å². The van der Waals surface area contributed by atoms with Gasteiger partial charge in [0, 0.05) is 31.3 Å². The van der Waals surface area contributed by atoms with Crippen molar-refractivity contribution in [2.45, 2.75) is 52.7 Å². The summed E-state index contributed by atoms with van der Waals surface area (Å²) in [4.78, 5) is 0. The van der Waals surface area contributed by atoms with Gasteiger partial charge < -0.3 is 14.8 Å². The molecule has 0 aliphatic heterocycles. The summed E-state index contributed by atoms with van der Waals surface area (Å²) in [7, 11) is 0. The first-order valence-electron chi connectivity index (χ1n) is 6.55. The monoisotopic (exact) mass is 229 g/mol. The molecule has 0 aromatic rings. The summed E-state index contributed by atoms with van der Waals surface area (Å²) in [5.74, 6) is 0. The number of hydrogen-bond acceptors (Lipinski definition) is 3. The van der Waals surface area contributed by atoms with Gasteiger partial charge in [-0.2, -0.15) is 0 Å². The highest BCUT2D eigenvalue weighted by molar-refractivity contribution is 5.02. The number of rotatable bonds is 8. The molecule has 1 aliphatic carbocycles. The molecule has 96 valence electrons. The van der Waals surface area contributed by atoms with Crippen molar-refractivity contribution >= 4 is 0 Å². The molecule has 0 saturated heterocycles. The molecule has 0 heterocycles. The molecule has 0 radical (unpaired) electrons. The van der Waals surface area contributed by atoms with E-state index in [-0.39, 0.29) is 5.41 Å². The fourth-order valence-electron chi connectivity index (χ4n) is 2.31. The van der Waals surface area contributed by atoms with E-state index in [1.165, 1.54) is 0 Å². The van der Waals surface area contributed by atoms with Crippen LogP contribution < -0.4 is 5.32 Å². The fourth-order valence-corrected chi connectivity index (χ4v) is 2.31. The standard InChI is InChI=1S/C13H27NO2/c1-5-15-9-7-8-14-11-10-12(16-6-2)13(11,3)4/h11-12,14H,5-10H2,1-4H3. The highest BCUT2D eigenvalue weighted by Crippen LogP contribution is 2.42. The largest absolute Gasteiger partial charge is 0.382 e. The maximum Gasteiger partial charge on any atom is 0.0655 e. The van der Waals surface area contributed by atoms with Crippen LogP contribution in [0.4, 0.5) is 0 Å². The molecule has 1 saturated carbocycles. The zero-order valence-electron chi connectivity index (χ0n) is 11.2. The number of hydrogen-bond donors (Lipinski definition) is 1. The number of ether oxygens (including phenoxy) is 2. The second kappa shape index (κ2) is 6.58. The highest BCUT2D eigenvalue weighted by atomic mass is 16.5. The van der Waals surface area contributed by atoms with Crippen LogP contribution >= 0.6 is 0 Å². The van der Waals surface area contributed by atoms with Crippen molar-refractivity contribution in [2.24, 2.45) is 5.41 Å². The molecule has 2 unspecified atom stereocenters. The van der Waals surface area contributed by atoms with Crippen LogP contribution in [-0.2, 0) is 9.47 Å². The molecule has 1 N–H and O–H groups in total. The second-order valence-corrected chi connectivity index (χ2v) is 5.06. The Morgan fingerprint density at radius 1 is 1.25 bits per heavy atom. The van der Waals surface area contributed by atoms with E-state index in [0.29, 0.717) is 12.1 Å². The highest BCUT2D eigenvalue weighted by Gasteiger charge is 2.48. The minimum absolute atomic E-state index is 0.279. The van der Waals surface area contributed by atoms with Gasteiger partial charge in [-0.05, 0) is 33.2 Å². The van der Waals surface area contributed by atoms with E-state index < -0.39 is 0 Å². The Labute approximate surface area is 99.9 Å². The summed E-state index contributed by atoms with van der Waals surface area (Å²) in [6.45, 7) is 12.2. The predicted molar refractivity (Wildman–Crippen MR) is 66.7 cm³/mol. The van der Waals surface area contributed by atoms with E-state index in [4.69, 9.17) is 9.47 Å². The van der Waals surface area contributed by atoms with Gasteiger partial charge in [-0.25, -0.2) is 0 Å². The maximum absolute atomic E-state index is 5.70. The molecular formula is C13H27NO2. The van der Waals surface area contributed by atoms with Crippen molar-refractivity contribution in [3.8, 4) is 0 Å². The van der Waals surface area contributed by atoms with Crippen LogP contribution in [0.2, 0.25) is 0 Å². The normalized spacial score (nSPS) is 27.8. The van der Waals surface area contributed by atoms with Gasteiger partial charge in [0.25, 0.3) is 0 Å². The molecule has 16 heavy (non-hydrogen) atoms. The summed E-state index contributed by atoms with van der Waals surface area (Å²) < 4.78 is 11.0. The Bertz CT molecular complexity index is 194. The van der Waals surface area contributed by atoms with Crippen molar-refractivity contribution in [1.82, 2.24) is 5.32 Å². The zero-order chi connectivity index (χ0) is 12.0. The first-order chi connectivity index (χ1) is 7.62. The Hall–Kier alpha value is -0.120. The fraction of sp³-hybridized carbons (Fsp3) is 1.00. The van der Waals surface area contributed by atoms with Gasteiger partial charge in [0.2, 0.25) is 0 Å². The Balaban J connectivity index is 2.11. The van der Waals surface area contributed by atoms with E-state index in [0.717, 1.165) is 39.2 Å². The lowest BCUT2D eigenvalue weighted by Crippen LogP contribution is -2.61. The van der Waals surface area contributed by atoms with Crippen molar-refractivity contribution in [2.75, 3.05) is 26.4 Å². The van der Waals surface area contributed by atoms with Crippen LogP contribution in [0.1, 0.15) is 40.5 Å². The number of nitrogens with one attached hydrogen (secondary N) is 1. The van der Waals surface area contributed by atoms with E-state index in [1.807, 2.05) is 6.92 Å². The molecule has 0 bridgehead atoms. The summed E-state index contributed by atoms with van der Waals surface area (Å²) in [5, 5.41) is 3.60. The third-order valence-electron chi connectivity index (χ3n) is 3.61. The smallest absolute Gasteiger partial charge is 0.0655 e. The van der Waals surface area contributed by atoms with E-state index in [2.05, 4.69) is 26.1 Å². The van der Waals surface area contributed by atoms with Crippen LogP contribution in [-0.4, -0.2) is 38.5 Å². The summed E-state index contributed by atoms with van der Waals surface area (Å²) >= 11 is 0. The summed E-state index contributed by atoms with van der Waals surface area (Å²) in [6.07, 6.45) is 2.68. The molecule has 2 atom stereocenters. The minimum atomic E-state index is 0.279. The minimum Gasteiger partial charge on any atom is -0.382 e. The molecule has 0 aromatic heterocycles. The third-order valence-corrected chi connectivity index (χ3v) is 3.61. The average Bonchev–Trinajstić information content (AvgIpc) is 2.26. The molecule has 1 fully saturated rings. The first kappa shape index (κ1) is 13.9. The lowest BCUT2D eigenvalue weighted by Gasteiger charge is -2.52. The van der Waals surface area contributed by atoms with Crippen LogP contribution in [0, 0.1) is 5.41 Å². The molecule has 0 amide bonds. The lowest BCUT2D eigenvalue weighted by molar-refractivity contribution is -0.114. The van der Waals surface area contributed by atoms with Crippen molar-refractivity contribution in [3.05, 3.63) is 0 Å². The summed E-state index contributed by atoms with van der Waals surface area (Å²) in [6, 6.07) is 0.602. The van der Waals surface area contributed by atoms with Crippen molar-refractivity contribution < 1.29 is 9.47 Å². The zero-order valence-corrected chi connectivity index (χ0v) is 11.2. The quantitative estimate of drug-likeness (QED) is 0.647. The SMILES string of the molecule is CCOCCCNC1CC(OCC)C1(C)C. The van der Waals surface area contributed by atoms with Gasteiger partial charge in [-0.1, -0.05) is 13.8 Å². The lowest BCUT2D eigenvalue weighted by atomic mass is 9.64. The molecule has 1 rings (SSSR count). The predicted octanol–water partition coefficient (Wildman–Crippen LogP) is 2.21. The van der Waals surface area contributed by atoms with Crippen LogP contribution in [0.5, 0.6) is 0 Å². The first-order valence-corrected chi connectivity index (χ1v) is 6.55. The van der Waals surface area contributed by atoms with E-state index in [9.17, 15) is 0 Å². The Kier molecular flexibility index (Phi) is 5.73. The van der Waals surface area contributed by atoms with Gasteiger partial charge in [-0.15, -0.1) is 0 Å². The third kappa shape index (κ3) is 3.44. The van der Waals surface area contributed by atoms with Gasteiger partial charge in [0.05, 0.1) is 6.10 Å². The maximum atomic E-state index is 5.70. The van der Waals surface area contributed by atoms with Gasteiger partial charge >= 0.3 is 0 Å².